The van der Waals surface area contributed by atoms with Crippen molar-refractivity contribution in [2.75, 3.05) is 19.6 Å². The molecule has 3 heteroatoms. The van der Waals surface area contributed by atoms with Gasteiger partial charge in [0, 0.05) is 18.5 Å². The molecule has 0 spiro atoms. The van der Waals surface area contributed by atoms with E-state index >= 15 is 0 Å². The van der Waals surface area contributed by atoms with Crippen LogP contribution in [0.25, 0.3) is 0 Å². The van der Waals surface area contributed by atoms with E-state index in [4.69, 9.17) is 0 Å². The summed E-state index contributed by atoms with van der Waals surface area (Å²) in [5.41, 5.74) is 0. The van der Waals surface area contributed by atoms with Crippen LogP contribution in [-0.2, 0) is 4.79 Å². The second-order valence-corrected chi connectivity index (χ2v) is 7.36. The molecule has 1 amide bonds. The van der Waals surface area contributed by atoms with Crippen molar-refractivity contribution in [3.63, 3.8) is 0 Å². The van der Waals surface area contributed by atoms with Gasteiger partial charge in [-0.25, -0.2) is 0 Å². The van der Waals surface area contributed by atoms with Crippen molar-refractivity contribution < 1.29 is 4.79 Å². The molecule has 3 saturated carbocycles. The molecule has 3 atom stereocenters. The number of amides is 1. The molecular weight excluding hydrogens is 236 g/mol. The first-order valence-electron chi connectivity index (χ1n) is 8.32. The monoisotopic (exact) mass is 262 g/mol. The van der Waals surface area contributed by atoms with Gasteiger partial charge in [-0.15, -0.1) is 0 Å². The van der Waals surface area contributed by atoms with Gasteiger partial charge in [0.15, 0.2) is 0 Å². The van der Waals surface area contributed by atoms with Crippen LogP contribution in [0.1, 0.15) is 44.9 Å². The zero-order chi connectivity index (χ0) is 12.8. The number of fused-ring (bicyclic) bond motifs is 1. The number of hydrogen-bond acceptors (Lipinski definition) is 2. The van der Waals surface area contributed by atoms with E-state index in [0.717, 1.165) is 24.9 Å². The third-order valence-electron chi connectivity index (χ3n) is 5.72. The molecule has 0 aromatic rings. The van der Waals surface area contributed by atoms with Crippen LogP contribution in [-0.4, -0.2) is 36.5 Å². The van der Waals surface area contributed by atoms with Crippen molar-refractivity contribution in [2.24, 2.45) is 23.7 Å². The maximum absolute atomic E-state index is 12.8. The van der Waals surface area contributed by atoms with Crippen LogP contribution in [0.3, 0.4) is 0 Å². The van der Waals surface area contributed by atoms with Crippen molar-refractivity contribution in [3.8, 4) is 0 Å². The number of carbonyl (C=O) groups excluding carboxylic acids is 1. The Morgan fingerprint density at radius 3 is 2.53 bits per heavy atom. The normalized spacial score (nSPS) is 40.8. The Bertz CT molecular complexity index is 350. The molecule has 1 saturated heterocycles. The smallest absolute Gasteiger partial charge is 0.225 e. The first-order chi connectivity index (χ1) is 9.31. The summed E-state index contributed by atoms with van der Waals surface area (Å²) in [5.74, 6) is 3.45. The van der Waals surface area contributed by atoms with Gasteiger partial charge in [-0.2, -0.15) is 0 Å². The summed E-state index contributed by atoms with van der Waals surface area (Å²) >= 11 is 0. The molecule has 3 aliphatic carbocycles. The number of piperidine rings is 1. The molecule has 1 aliphatic heterocycles. The van der Waals surface area contributed by atoms with E-state index in [-0.39, 0.29) is 0 Å². The van der Waals surface area contributed by atoms with Crippen molar-refractivity contribution in [3.05, 3.63) is 0 Å². The summed E-state index contributed by atoms with van der Waals surface area (Å²) in [4.78, 5) is 15.1. The van der Waals surface area contributed by atoms with E-state index in [9.17, 15) is 4.79 Å². The van der Waals surface area contributed by atoms with Crippen LogP contribution < -0.4 is 5.32 Å². The number of rotatable bonds is 4. The molecule has 106 valence electrons. The minimum atomic E-state index is 0.390. The van der Waals surface area contributed by atoms with Gasteiger partial charge in [0.25, 0.3) is 0 Å². The lowest BCUT2D eigenvalue weighted by atomic mass is 9.97. The minimum Gasteiger partial charge on any atom is -0.339 e. The Kier molecular flexibility index (Phi) is 3.06. The highest BCUT2D eigenvalue weighted by Crippen LogP contribution is 2.55. The molecular formula is C16H26N2O. The Labute approximate surface area is 116 Å². The fourth-order valence-corrected chi connectivity index (χ4v) is 4.31. The summed E-state index contributed by atoms with van der Waals surface area (Å²) in [6.45, 7) is 3.31. The van der Waals surface area contributed by atoms with Gasteiger partial charge in [0.05, 0.1) is 0 Å². The van der Waals surface area contributed by atoms with E-state index in [1.165, 1.54) is 51.5 Å². The van der Waals surface area contributed by atoms with Gasteiger partial charge in [-0.05, 0) is 75.8 Å². The molecule has 4 rings (SSSR count). The zero-order valence-electron chi connectivity index (χ0n) is 11.8. The maximum Gasteiger partial charge on any atom is 0.225 e. The van der Waals surface area contributed by atoms with Gasteiger partial charge >= 0.3 is 0 Å². The fourth-order valence-electron chi connectivity index (χ4n) is 4.31. The predicted octanol–water partition coefficient (Wildman–Crippen LogP) is 2.02. The van der Waals surface area contributed by atoms with Crippen molar-refractivity contribution >= 4 is 5.91 Å². The molecule has 4 aliphatic rings. The Hall–Kier alpha value is -0.570. The van der Waals surface area contributed by atoms with Crippen LogP contribution in [0.2, 0.25) is 0 Å². The lowest BCUT2D eigenvalue weighted by Crippen LogP contribution is -2.44. The summed E-state index contributed by atoms with van der Waals surface area (Å²) in [6, 6.07) is 0.603. The summed E-state index contributed by atoms with van der Waals surface area (Å²) < 4.78 is 0. The highest BCUT2D eigenvalue weighted by Gasteiger charge is 2.50. The molecule has 19 heavy (non-hydrogen) atoms. The van der Waals surface area contributed by atoms with Crippen molar-refractivity contribution in [1.82, 2.24) is 10.2 Å². The molecule has 3 nitrogen and oxygen atoms in total. The molecule has 0 aromatic carbocycles. The van der Waals surface area contributed by atoms with E-state index in [2.05, 4.69) is 10.2 Å². The molecule has 0 aromatic heterocycles. The first-order valence-corrected chi connectivity index (χ1v) is 8.32. The maximum atomic E-state index is 12.8. The van der Waals surface area contributed by atoms with Gasteiger partial charge in [-0.1, -0.05) is 0 Å². The Balaban J connectivity index is 1.38. The summed E-state index contributed by atoms with van der Waals surface area (Å²) in [6.07, 6.45) is 8.92. The van der Waals surface area contributed by atoms with Gasteiger partial charge in [0.1, 0.15) is 0 Å². The fraction of sp³-hybridized carbons (Fsp3) is 0.938. The average molecular weight is 262 g/mol. The Morgan fingerprint density at radius 1 is 1.11 bits per heavy atom. The third-order valence-corrected chi connectivity index (χ3v) is 5.72. The number of hydrogen-bond donors (Lipinski definition) is 1. The second kappa shape index (κ2) is 4.76. The predicted molar refractivity (Wildman–Crippen MR) is 74.6 cm³/mol. The average Bonchev–Trinajstić information content (AvgIpc) is 3.37. The lowest BCUT2D eigenvalue weighted by molar-refractivity contribution is -0.137. The molecule has 1 N–H and O–H groups in total. The van der Waals surface area contributed by atoms with Crippen molar-refractivity contribution in [2.45, 2.75) is 51.0 Å². The van der Waals surface area contributed by atoms with Crippen LogP contribution >= 0.6 is 0 Å². The topological polar surface area (TPSA) is 32.3 Å². The van der Waals surface area contributed by atoms with E-state index in [1.54, 1.807) is 0 Å². The van der Waals surface area contributed by atoms with E-state index < -0.39 is 0 Å². The summed E-state index contributed by atoms with van der Waals surface area (Å²) in [5, 5.41) is 3.48. The number of nitrogens with one attached hydrogen (secondary N) is 1. The molecule has 1 heterocycles. The zero-order valence-corrected chi connectivity index (χ0v) is 11.8. The molecule has 0 radical (unpaired) electrons. The lowest BCUT2D eigenvalue weighted by Gasteiger charge is -2.32. The molecule has 3 unspecified atom stereocenters. The minimum absolute atomic E-state index is 0.390. The molecule has 4 fully saturated rings. The standard InChI is InChI=1S/C16H26N2O/c19-16(14-7-12-6-13(12)8-14)18(15-3-4-15)10-11-2-1-5-17-9-11/h11-15,17H,1-10H2. The second-order valence-electron chi connectivity index (χ2n) is 7.36. The quantitative estimate of drug-likeness (QED) is 0.840. The van der Waals surface area contributed by atoms with Crippen LogP contribution in [0.15, 0.2) is 0 Å². The SMILES string of the molecule is O=C(C1CC2CC2C1)N(CC1CCCNC1)C1CC1. The largest absolute Gasteiger partial charge is 0.339 e. The van der Waals surface area contributed by atoms with Gasteiger partial charge in [-0.3, -0.25) is 4.79 Å². The number of carbonyl (C=O) groups is 1. The molecule has 0 bridgehead atoms. The van der Waals surface area contributed by atoms with Crippen molar-refractivity contribution in [1.29, 1.82) is 0 Å². The highest BCUT2D eigenvalue weighted by atomic mass is 16.2. The van der Waals surface area contributed by atoms with Gasteiger partial charge < -0.3 is 10.2 Å². The van der Waals surface area contributed by atoms with Crippen LogP contribution in [0, 0.1) is 23.7 Å². The van der Waals surface area contributed by atoms with Gasteiger partial charge in [0.2, 0.25) is 5.91 Å². The van der Waals surface area contributed by atoms with Crippen LogP contribution in [0.5, 0.6) is 0 Å². The van der Waals surface area contributed by atoms with Crippen LogP contribution in [0.4, 0.5) is 0 Å². The Morgan fingerprint density at radius 2 is 1.89 bits per heavy atom. The number of nitrogens with zero attached hydrogens (tertiary/aromatic N) is 1. The highest BCUT2D eigenvalue weighted by molar-refractivity contribution is 5.80. The van der Waals surface area contributed by atoms with E-state index in [0.29, 0.717) is 23.8 Å². The summed E-state index contributed by atoms with van der Waals surface area (Å²) in [7, 11) is 0. The first kappa shape index (κ1) is 12.2. The third kappa shape index (κ3) is 2.54. The van der Waals surface area contributed by atoms with E-state index in [1.807, 2.05) is 0 Å².